The molecule has 8 heteroatoms. The number of carboxylic acid groups (broad SMARTS) is 1. The van der Waals surface area contributed by atoms with Gasteiger partial charge in [-0.05, 0) is 18.4 Å². The zero-order chi connectivity index (χ0) is 16.7. The summed E-state index contributed by atoms with van der Waals surface area (Å²) in [4.78, 5) is 11.6. The van der Waals surface area contributed by atoms with Crippen LogP contribution in [-0.4, -0.2) is 69.1 Å². The molecule has 0 saturated carbocycles. The highest BCUT2D eigenvalue weighted by molar-refractivity contribution is 7.89. The van der Waals surface area contributed by atoms with Crippen molar-refractivity contribution in [1.29, 1.82) is 0 Å². The first-order chi connectivity index (χ1) is 9.45. The van der Waals surface area contributed by atoms with Crippen molar-refractivity contribution < 1.29 is 27.4 Å². The largest absolute Gasteiger partial charge is 0.544 e. The second kappa shape index (κ2) is 7.96. The minimum atomic E-state index is -4.04. The Balaban J connectivity index is 0.000000433. The number of aliphatic carboxylic acids is 1. The number of likely N-dealkylation sites (N-methyl/N-ethyl adjacent to an activating group) is 1. The van der Waals surface area contributed by atoms with Crippen molar-refractivity contribution in [3.63, 3.8) is 0 Å². The van der Waals surface area contributed by atoms with Crippen LogP contribution in [0.15, 0.2) is 35.9 Å². The van der Waals surface area contributed by atoms with Gasteiger partial charge in [0, 0.05) is 6.54 Å². The highest BCUT2D eigenvalue weighted by Gasteiger charge is 2.17. The number of carboxylic acids is 1. The van der Waals surface area contributed by atoms with Gasteiger partial charge in [0.2, 0.25) is 0 Å². The minimum absolute atomic E-state index is 0.0110. The molecule has 0 amide bonds. The van der Waals surface area contributed by atoms with Gasteiger partial charge in [0.05, 0.1) is 38.6 Å². The predicted octanol–water partition coefficient (Wildman–Crippen LogP) is -0.784. The zero-order valence-electron chi connectivity index (χ0n) is 12.5. The normalized spacial score (nSPS) is 14.9. The molecule has 0 fully saturated rings. The first-order valence-corrected chi connectivity index (χ1v) is 7.60. The first-order valence-electron chi connectivity index (χ1n) is 6.16. The van der Waals surface area contributed by atoms with Crippen LogP contribution in [0.1, 0.15) is 0 Å². The Morgan fingerprint density at radius 3 is 2.43 bits per heavy atom. The molecule has 0 bridgehead atoms. The zero-order valence-corrected chi connectivity index (χ0v) is 13.3. The molecule has 0 aliphatic carbocycles. The number of rotatable bonds is 5. The van der Waals surface area contributed by atoms with Crippen molar-refractivity contribution in [3.8, 4) is 0 Å². The fourth-order valence-corrected chi connectivity index (χ4v) is 2.00. The van der Waals surface area contributed by atoms with E-state index in [1.807, 2.05) is 0 Å². The molecule has 1 rings (SSSR count). The monoisotopic (exact) mass is 318 g/mol. The highest BCUT2D eigenvalue weighted by atomic mass is 32.2. The topological polar surface area (TPSA) is 97.7 Å². The molecular formula is C13H22N2O5S. The molecule has 21 heavy (non-hydrogen) atoms. The molecule has 0 spiro atoms. The number of allylic oxidation sites excluding steroid dienone is 2. The third-order valence-corrected chi connectivity index (χ3v) is 3.16. The van der Waals surface area contributed by atoms with Crippen LogP contribution in [-0.2, 0) is 14.9 Å². The molecule has 1 aliphatic heterocycles. The van der Waals surface area contributed by atoms with E-state index in [9.17, 15) is 18.3 Å². The summed E-state index contributed by atoms with van der Waals surface area (Å²) in [6, 6.07) is 0. The van der Waals surface area contributed by atoms with Crippen molar-refractivity contribution in [2.45, 2.75) is 0 Å². The quantitative estimate of drug-likeness (QED) is 0.405. The Morgan fingerprint density at radius 2 is 2.10 bits per heavy atom. The van der Waals surface area contributed by atoms with Gasteiger partial charge in [0.25, 0.3) is 10.1 Å². The minimum Gasteiger partial charge on any atom is -0.544 e. The summed E-state index contributed by atoms with van der Waals surface area (Å²) in [6.45, 7) is 4.36. The fourth-order valence-electron chi connectivity index (χ4n) is 1.42. The molecule has 1 heterocycles. The second-order valence-corrected chi connectivity index (χ2v) is 6.96. The van der Waals surface area contributed by atoms with Gasteiger partial charge in [-0.3, -0.25) is 4.55 Å². The van der Waals surface area contributed by atoms with E-state index in [1.54, 1.807) is 44.4 Å². The van der Waals surface area contributed by atoms with Gasteiger partial charge in [-0.2, -0.15) is 8.42 Å². The lowest BCUT2D eigenvalue weighted by Crippen LogP contribution is -2.45. The number of nitrogens with zero attached hydrogens (tertiary/aromatic N) is 2. The van der Waals surface area contributed by atoms with Crippen molar-refractivity contribution >= 4 is 16.1 Å². The summed E-state index contributed by atoms with van der Waals surface area (Å²) in [6.07, 6.45) is 6.37. The van der Waals surface area contributed by atoms with Crippen LogP contribution in [0, 0.1) is 0 Å². The molecule has 0 aromatic heterocycles. The second-order valence-electron chi connectivity index (χ2n) is 5.49. The first kappa shape index (κ1) is 19.4. The van der Waals surface area contributed by atoms with Crippen LogP contribution in [0.3, 0.4) is 0 Å². The standard InChI is InChI=1S/C8H11NO3S.C5H11NO2/c1-2-5-9-6-3-4-8(7-9)13(10,11)12;1-6(2,3)4-5(7)8/h2-4,6H,1,5,7H2,(H,10,11,12);4H2,1-3H3. The molecule has 0 atom stereocenters. The number of hydrogen-bond donors (Lipinski definition) is 1. The van der Waals surface area contributed by atoms with Gasteiger partial charge in [-0.15, -0.1) is 6.58 Å². The summed E-state index contributed by atoms with van der Waals surface area (Å²) in [5, 5.41) is 9.89. The molecule has 120 valence electrons. The summed E-state index contributed by atoms with van der Waals surface area (Å²) in [5.41, 5.74) is 0. The van der Waals surface area contributed by atoms with Crippen LogP contribution >= 0.6 is 0 Å². The molecular weight excluding hydrogens is 296 g/mol. The van der Waals surface area contributed by atoms with E-state index in [4.69, 9.17) is 4.55 Å². The van der Waals surface area contributed by atoms with Crippen molar-refractivity contribution in [3.05, 3.63) is 35.9 Å². The molecule has 0 saturated heterocycles. The van der Waals surface area contributed by atoms with Gasteiger partial charge < -0.3 is 19.3 Å². The third-order valence-electron chi connectivity index (χ3n) is 2.24. The van der Waals surface area contributed by atoms with Gasteiger partial charge >= 0.3 is 0 Å². The number of quaternary nitrogens is 1. The lowest BCUT2D eigenvalue weighted by molar-refractivity contribution is -0.864. The van der Waals surface area contributed by atoms with Crippen LogP contribution in [0.2, 0.25) is 0 Å². The van der Waals surface area contributed by atoms with Gasteiger partial charge in [0.15, 0.2) is 0 Å². The van der Waals surface area contributed by atoms with E-state index in [-0.39, 0.29) is 18.0 Å². The Labute approximate surface area is 125 Å². The van der Waals surface area contributed by atoms with E-state index < -0.39 is 16.1 Å². The summed E-state index contributed by atoms with van der Waals surface area (Å²) in [5.74, 6) is -1.00. The lowest BCUT2D eigenvalue weighted by atomic mass is 10.3. The van der Waals surface area contributed by atoms with Crippen LogP contribution in [0.25, 0.3) is 0 Å². The van der Waals surface area contributed by atoms with Crippen molar-refractivity contribution in [2.24, 2.45) is 0 Å². The van der Waals surface area contributed by atoms with Crippen LogP contribution in [0.4, 0.5) is 0 Å². The Hall–Kier alpha value is -1.64. The average Bonchev–Trinajstić information content (AvgIpc) is 2.26. The smallest absolute Gasteiger partial charge is 0.292 e. The molecule has 1 N–H and O–H groups in total. The number of hydrogen-bond acceptors (Lipinski definition) is 5. The number of carbonyl (C=O) groups is 1. The Bertz CT molecular complexity index is 529. The van der Waals surface area contributed by atoms with E-state index in [1.165, 1.54) is 6.08 Å². The number of carbonyl (C=O) groups excluding carboxylic acids is 1. The Morgan fingerprint density at radius 1 is 1.52 bits per heavy atom. The maximum atomic E-state index is 10.7. The maximum absolute atomic E-state index is 10.7. The molecule has 0 aromatic carbocycles. The lowest BCUT2D eigenvalue weighted by Gasteiger charge is -2.23. The fraction of sp³-hybridized carbons (Fsp3) is 0.462. The molecule has 0 aromatic rings. The Kier molecular flexibility index (Phi) is 7.34. The molecule has 0 radical (unpaired) electrons. The SMILES string of the molecule is C=CCN1C=CC=C(S(=O)(=O)O)C1.C[N+](C)(C)CC(=O)[O-]. The van der Waals surface area contributed by atoms with Crippen LogP contribution in [0.5, 0.6) is 0 Å². The van der Waals surface area contributed by atoms with Crippen LogP contribution < -0.4 is 5.11 Å². The molecule has 0 unspecified atom stereocenters. The van der Waals surface area contributed by atoms with E-state index in [2.05, 4.69) is 6.58 Å². The van der Waals surface area contributed by atoms with Gasteiger partial charge in [0.1, 0.15) is 6.54 Å². The summed E-state index contributed by atoms with van der Waals surface area (Å²) >= 11 is 0. The highest BCUT2D eigenvalue weighted by Crippen LogP contribution is 2.11. The average molecular weight is 318 g/mol. The van der Waals surface area contributed by atoms with Gasteiger partial charge in [-0.1, -0.05) is 6.08 Å². The van der Waals surface area contributed by atoms with Gasteiger partial charge in [-0.25, -0.2) is 0 Å². The van der Waals surface area contributed by atoms with Crippen molar-refractivity contribution in [2.75, 3.05) is 40.8 Å². The maximum Gasteiger partial charge on any atom is 0.292 e. The van der Waals surface area contributed by atoms with E-state index >= 15 is 0 Å². The molecule has 1 aliphatic rings. The van der Waals surface area contributed by atoms with Crippen molar-refractivity contribution in [1.82, 2.24) is 4.90 Å². The third kappa shape index (κ3) is 9.83. The van der Waals surface area contributed by atoms with E-state index in [0.717, 1.165) is 0 Å². The summed E-state index contributed by atoms with van der Waals surface area (Å²) in [7, 11) is 1.36. The predicted molar refractivity (Wildman–Crippen MR) is 78.4 cm³/mol. The molecule has 7 nitrogen and oxygen atoms in total. The summed E-state index contributed by atoms with van der Waals surface area (Å²) < 4.78 is 30.6. The van der Waals surface area contributed by atoms with E-state index in [0.29, 0.717) is 11.0 Å².